The van der Waals surface area contributed by atoms with Gasteiger partial charge in [-0.2, -0.15) is 0 Å². The first kappa shape index (κ1) is 32.7. The Bertz CT molecular complexity index is 2480. The largest absolute Gasteiger partial charge is 0.311 e. The molecule has 0 unspecified atom stereocenters. The Morgan fingerprint density at radius 2 is 0.574 bits per heavy atom. The molecule has 0 aliphatic carbocycles. The average Bonchev–Trinajstić information content (AvgIpc) is 3.26. The number of hydrogen-bond acceptors (Lipinski definition) is 2. The molecule has 0 atom stereocenters. The Morgan fingerprint density at radius 3 is 1.04 bits per heavy atom. The van der Waals surface area contributed by atoms with Gasteiger partial charge in [-0.1, -0.05) is 170 Å². The van der Waals surface area contributed by atoms with E-state index in [9.17, 15) is 0 Å². The molecule has 0 heterocycles. The summed E-state index contributed by atoms with van der Waals surface area (Å²) in [5, 5.41) is 2.40. The summed E-state index contributed by atoms with van der Waals surface area (Å²) in [6.45, 7) is 0. The second-order valence-corrected chi connectivity index (χ2v) is 13.4. The molecule has 0 N–H and O–H groups in total. The second kappa shape index (κ2) is 14.8. The maximum atomic E-state index is 2.39. The van der Waals surface area contributed by atoms with Crippen molar-refractivity contribution in [3.05, 3.63) is 231 Å². The third-order valence-corrected chi connectivity index (χ3v) is 10.1. The molecule has 0 radical (unpaired) electrons. The van der Waals surface area contributed by atoms with Crippen molar-refractivity contribution in [2.24, 2.45) is 0 Å². The van der Waals surface area contributed by atoms with Crippen LogP contribution < -0.4 is 9.80 Å². The number of fused-ring (bicyclic) bond motifs is 1. The van der Waals surface area contributed by atoms with Crippen LogP contribution in [0.5, 0.6) is 0 Å². The van der Waals surface area contributed by atoms with Crippen molar-refractivity contribution in [1.82, 2.24) is 0 Å². The fraction of sp³-hybridized carbons (Fsp3) is 0. The lowest BCUT2D eigenvalue weighted by atomic mass is 9.96. The van der Waals surface area contributed by atoms with E-state index in [1.807, 2.05) is 0 Å². The fourth-order valence-corrected chi connectivity index (χ4v) is 7.39. The number of benzene rings is 9. The fourth-order valence-electron chi connectivity index (χ4n) is 7.39. The molecule has 0 saturated carbocycles. The molecule has 0 spiro atoms. The SMILES string of the molecule is c1ccc(-c2ccc(N(c3ccc(-c4ccccc4)cc3)c3ccc(-c4ccc5ccccc5c4N(c4ccccc4)c4ccccc4)cc3)cc2)cc1. The standard InChI is InChI=1S/C52H38N2/c1-5-15-39(16-6-1)41-25-32-47(33-26-41)53(48-34-27-42(28-35-48)40-17-7-2-8-18-40)49-36-29-44(30-37-49)51-38-31-43-19-13-14-24-50(43)52(51)54(45-20-9-3-10-21-45)46-22-11-4-12-23-46/h1-38H. The molecule has 2 nitrogen and oxygen atoms in total. The van der Waals surface area contributed by atoms with E-state index in [1.54, 1.807) is 0 Å². The summed E-state index contributed by atoms with van der Waals surface area (Å²) in [6, 6.07) is 82.4. The van der Waals surface area contributed by atoms with Gasteiger partial charge >= 0.3 is 0 Å². The molecule has 0 aliphatic rings. The third-order valence-electron chi connectivity index (χ3n) is 10.1. The van der Waals surface area contributed by atoms with Crippen LogP contribution in [0.15, 0.2) is 231 Å². The van der Waals surface area contributed by atoms with Crippen LogP contribution in [-0.4, -0.2) is 0 Å². The summed E-state index contributed by atoms with van der Waals surface area (Å²) in [4.78, 5) is 4.73. The van der Waals surface area contributed by atoms with Gasteiger partial charge in [0.1, 0.15) is 0 Å². The zero-order valence-corrected chi connectivity index (χ0v) is 29.8. The van der Waals surface area contributed by atoms with Crippen molar-refractivity contribution in [3.8, 4) is 33.4 Å². The van der Waals surface area contributed by atoms with Gasteiger partial charge in [0, 0.05) is 39.4 Å². The Balaban J connectivity index is 1.16. The Hall–Kier alpha value is -7.16. The van der Waals surface area contributed by atoms with Crippen molar-refractivity contribution < 1.29 is 0 Å². The quantitative estimate of drug-likeness (QED) is 0.149. The van der Waals surface area contributed by atoms with E-state index >= 15 is 0 Å². The van der Waals surface area contributed by atoms with Crippen LogP contribution >= 0.6 is 0 Å². The molecule has 0 saturated heterocycles. The number of anilines is 6. The van der Waals surface area contributed by atoms with E-state index in [-0.39, 0.29) is 0 Å². The van der Waals surface area contributed by atoms with Gasteiger partial charge in [-0.15, -0.1) is 0 Å². The molecule has 2 heteroatoms. The molecule has 0 bridgehead atoms. The molecule has 9 aromatic rings. The second-order valence-electron chi connectivity index (χ2n) is 13.4. The third kappa shape index (κ3) is 6.53. The van der Waals surface area contributed by atoms with Crippen molar-refractivity contribution >= 4 is 44.9 Å². The van der Waals surface area contributed by atoms with Crippen molar-refractivity contribution in [3.63, 3.8) is 0 Å². The minimum Gasteiger partial charge on any atom is -0.311 e. The average molecular weight is 691 g/mol. The van der Waals surface area contributed by atoms with Gasteiger partial charge in [0.2, 0.25) is 0 Å². The molecule has 54 heavy (non-hydrogen) atoms. The Kier molecular flexibility index (Phi) is 8.99. The van der Waals surface area contributed by atoms with Crippen LogP contribution in [0.3, 0.4) is 0 Å². The first-order valence-electron chi connectivity index (χ1n) is 18.4. The normalized spacial score (nSPS) is 11.0. The maximum absolute atomic E-state index is 2.39. The highest BCUT2D eigenvalue weighted by atomic mass is 15.1. The lowest BCUT2D eigenvalue weighted by Crippen LogP contribution is -2.12. The molecule has 0 aromatic heterocycles. The van der Waals surface area contributed by atoms with Crippen LogP contribution in [0.2, 0.25) is 0 Å². The van der Waals surface area contributed by atoms with Gasteiger partial charge in [-0.25, -0.2) is 0 Å². The van der Waals surface area contributed by atoms with Crippen LogP contribution in [0.25, 0.3) is 44.2 Å². The predicted molar refractivity (Wildman–Crippen MR) is 230 cm³/mol. The van der Waals surface area contributed by atoms with Crippen LogP contribution in [0.1, 0.15) is 0 Å². The van der Waals surface area contributed by atoms with Gasteiger partial charge in [-0.05, 0) is 93.9 Å². The Morgan fingerprint density at radius 1 is 0.222 bits per heavy atom. The molecule has 256 valence electrons. The predicted octanol–water partition coefficient (Wildman–Crippen LogP) is 14.8. The topological polar surface area (TPSA) is 6.48 Å². The summed E-state index contributed by atoms with van der Waals surface area (Å²) >= 11 is 0. The Labute approximate surface area is 317 Å². The molecule has 9 aromatic carbocycles. The van der Waals surface area contributed by atoms with E-state index in [4.69, 9.17) is 0 Å². The lowest BCUT2D eigenvalue weighted by molar-refractivity contribution is 1.28. The van der Waals surface area contributed by atoms with E-state index in [0.717, 1.165) is 39.7 Å². The summed E-state index contributed by atoms with van der Waals surface area (Å²) in [5.41, 5.74) is 13.8. The molecular weight excluding hydrogens is 653 g/mol. The highest BCUT2D eigenvalue weighted by molar-refractivity contribution is 6.06. The lowest BCUT2D eigenvalue weighted by Gasteiger charge is -2.30. The number of hydrogen-bond donors (Lipinski definition) is 0. The summed E-state index contributed by atoms with van der Waals surface area (Å²) in [7, 11) is 0. The molecule has 9 rings (SSSR count). The van der Waals surface area contributed by atoms with Crippen molar-refractivity contribution in [2.45, 2.75) is 0 Å². The number of nitrogens with zero attached hydrogens (tertiary/aromatic N) is 2. The van der Waals surface area contributed by atoms with Gasteiger partial charge in [0.15, 0.2) is 0 Å². The highest BCUT2D eigenvalue weighted by Crippen LogP contribution is 2.46. The van der Waals surface area contributed by atoms with Crippen molar-refractivity contribution in [2.75, 3.05) is 9.80 Å². The molecule has 0 aliphatic heterocycles. The van der Waals surface area contributed by atoms with Gasteiger partial charge < -0.3 is 9.80 Å². The zero-order chi connectivity index (χ0) is 36.1. The van der Waals surface area contributed by atoms with Crippen LogP contribution in [0.4, 0.5) is 34.1 Å². The summed E-state index contributed by atoms with van der Waals surface area (Å²) < 4.78 is 0. The molecule has 0 amide bonds. The minimum absolute atomic E-state index is 1.09. The van der Waals surface area contributed by atoms with Gasteiger partial charge in [-0.3, -0.25) is 0 Å². The highest BCUT2D eigenvalue weighted by Gasteiger charge is 2.21. The first-order chi connectivity index (χ1) is 26.8. The van der Waals surface area contributed by atoms with E-state index in [2.05, 4.69) is 240 Å². The van der Waals surface area contributed by atoms with Gasteiger partial charge in [0.05, 0.1) is 5.69 Å². The van der Waals surface area contributed by atoms with E-state index in [1.165, 1.54) is 38.6 Å². The van der Waals surface area contributed by atoms with E-state index in [0.29, 0.717) is 0 Å². The smallest absolute Gasteiger partial charge is 0.0618 e. The van der Waals surface area contributed by atoms with Gasteiger partial charge in [0.25, 0.3) is 0 Å². The van der Waals surface area contributed by atoms with Crippen molar-refractivity contribution in [1.29, 1.82) is 0 Å². The maximum Gasteiger partial charge on any atom is 0.0618 e. The van der Waals surface area contributed by atoms with E-state index < -0.39 is 0 Å². The molecule has 0 fully saturated rings. The minimum atomic E-state index is 1.09. The van der Waals surface area contributed by atoms with Crippen LogP contribution in [0, 0.1) is 0 Å². The summed E-state index contributed by atoms with van der Waals surface area (Å²) in [6.07, 6.45) is 0. The molecular formula is C52H38N2. The zero-order valence-electron chi connectivity index (χ0n) is 29.8. The first-order valence-corrected chi connectivity index (χ1v) is 18.4. The van der Waals surface area contributed by atoms with Crippen LogP contribution in [-0.2, 0) is 0 Å². The number of rotatable bonds is 9. The monoisotopic (exact) mass is 690 g/mol. The number of para-hydroxylation sites is 2. The summed E-state index contributed by atoms with van der Waals surface area (Å²) in [5.74, 6) is 0.